The number of carbonyl (C=O) groups excluding carboxylic acids is 1. The second-order valence-corrected chi connectivity index (χ2v) is 8.48. The number of aryl methyl sites for hydroxylation is 3. The van der Waals surface area contributed by atoms with Gasteiger partial charge in [-0.25, -0.2) is 0 Å². The predicted molar refractivity (Wildman–Crippen MR) is 114 cm³/mol. The topological polar surface area (TPSA) is 47.3 Å². The molecule has 2 aliphatic rings. The summed E-state index contributed by atoms with van der Waals surface area (Å²) in [7, 11) is 0. The van der Waals surface area contributed by atoms with Crippen molar-refractivity contribution in [2.45, 2.75) is 33.1 Å². The number of benzene rings is 2. The Bertz CT molecular complexity index is 1000. The highest BCUT2D eigenvalue weighted by atomic mass is 32.2. The number of nitriles is 1. The maximum Gasteiger partial charge on any atom is 0.229 e. The molecule has 1 fully saturated rings. The van der Waals surface area contributed by atoms with Crippen LogP contribution in [0.4, 0.5) is 5.69 Å². The normalized spacial score (nSPS) is 19.5. The summed E-state index contributed by atoms with van der Waals surface area (Å²) in [6.45, 7) is 6.74. The van der Waals surface area contributed by atoms with Crippen molar-refractivity contribution in [3.63, 3.8) is 0 Å². The summed E-state index contributed by atoms with van der Waals surface area (Å²) < 4.78 is 0. The minimum Gasteiger partial charge on any atom is -0.344 e. The van der Waals surface area contributed by atoms with E-state index in [0.29, 0.717) is 18.7 Å². The van der Waals surface area contributed by atoms with Crippen LogP contribution in [0.2, 0.25) is 0 Å². The molecule has 1 amide bonds. The van der Waals surface area contributed by atoms with Gasteiger partial charge in [0, 0.05) is 18.0 Å². The lowest BCUT2D eigenvalue weighted by Crippen LogP contribution is -2.47. The third-order valence-electron chi connectivity index (χ3n) is 5.63. The highest BCUT2D eigenvalue weighted by Crippen LogP contribution is 2.43. The molecule has 2 aromatic rings. The van der Waals surface area contributed by atoms with Crippen LogP contribution in [0.1, 0.15) is 34.6 Å². The van der Waals surface area contributed by atoms with Crippen LogP contribution in [-0.2, 0) is 4.79 Å². The molecule has 0 bridgehead atoms. The molecule has 1 atom stereocenters. The fourth-order valence-electron chi connectivity index (χ4n) is 3.73. The van der Waals surface area contributed by atoms with Gasteiger partial charge in [0.15, 0.2) is 0 Å². The van der Waals surface area contributed by atoms with Crippen molar-refractivity contribution in [2.24, 2.45) is 0 Å². The molecular formula is C23H23N3OS. The van der Waals surface area contributed by atoms with Crippen LogP contribution in [0.25, 0.3) is 0 Å². The van der Waals surface area contributed by atoms with Crippen molar-refractivity contribution < 1.29 is 4.79 Å². The Hall–Kier alpha value is -2.71. The first-order valence-corrected chi connectivity index (χ1v) is 10.4. The molecule has 0 N–H and O–H groups in total. The molecule has 0 unspecified atom stereocenters. The summed E-state index contributed by atoms with van der Waals surface area (Å²) in [6, 6.07) is 17.0. The van der Waals surface area contributed by atoms with E-state index < -0.39 is 0 Å². The number of anilines is 1. The molecule has 142 valence electrons. The van der Waals surface area contributed by atoms with Gasteiger partial charge in [0.1, 0.15) is 0 Å². The number of rotatable bonds is 2. The Labute approximate surface area is 170 Å². The minimum absolute atomic E-state index is 0.0839. The van der Waals surface area contributed by atoms with Gasteiger partial charge in [-0.15, -0.1) is 0 Å². The standard InChI is InChI=1S/C23H23N3OS/c1-15-4-7-18(8-5-15)20-11-22(27)26-13-25(14-28-23(26)21(20)12-24)19-9-6-16(2)17(3)10-19/h4-10,20H,11,13-14H2,1-3H3/t20-/m0/s1. The number of carbonyl (C=O) groups is 1. The second-order valence-electron chi connectivity index (χ2n) is 7.54. The van der Waals surface area contributed by atoms with E-state index in [-0.39, 0.29) is 11.8 Å². The van der Waals surface area contributed by atoms with Crippen LogP contribution >= 0.6 is 11.8 Å². The first-order valence-electron chi connectivity index (χ1n) is 9.44. The average Bonchev–Trinajstić information content (AvgIpc) is 2.70. The Morgan fingerprint density at radius 3 is 2.50 bits per heavy atom. The van der Waals surface area contributed by atoms with Crippen molar-refractivity contribution in [3.8, 4) is 6.07 Å². The van der Waals surface area contributed by atoms with Gasteiger partial charge in [0.25, 0.3) is 0 Å². The van der Waals surface area contributed by atoms with Gasteiger partial charge in [-0.3, -0.25) is 9.69 Å². The molecule has 1 saturated heterocycles. The van der Waals surface area contributed by atoms with E-state index in [4.69, 9.17) is 0 Å². The summed E-state index contributed by atoms with van der Waals surface area (Å²) in [5.74, 6) is 0.665. The largest absolute Gasteiger partial charge is 0.344 e. The van der Waals surface area contributed by atoms with Crippen molar-refractivity contribution in [2.75, 3.05) is 17.4 Å². The highest BCUT2D eigenvalue weighted by molar-refractivity contribution is 8.03. The third kappa shape index (κ3) is 3.29. The van der Waals surface area contributed by atoms with Gasteiger partial charge < -0.3 is 4.90 Å². The molecular weight excluding hydrogens is 366 g/mol. The van der Waals surface area contributed by atoms with Crippen molar-refractivity contribution in [1.29, 1.82) is 5.26 Å². The molecule has 0 spiro atoms. The summed E-state index contributed by atoms with van der Waals surface area (Å²) in [5, 5.41) is 10.7. The van der Waals surface area contributed by atoms with Crippen LogP contribution in [0.5, 0.6) is 0 Å². The Kier molecular flexibility index (Phi) is 4.91. The Morgan fingerprint density at radius 1 is 1.07 bits per heavy atom. The smallest absolute Gasteiger partial charge is 0.229 e. The Balaban J connectivity index is 1.65. The van der Waals surface area contributed by atoms with Gasteiger partial charge in [-0.2, -0.15) is 5.26 Å². The van der Waals surface area contributed by atoms with Crippen LogP contribution in [0, 0.1) is 32.1 Å². The van der Waals surface area contributed by atoms with E-state index in [0.717, 1.165) is 22.2 Å². The van der Waals surface area contributed by atoms with Crippen LogP contribution in [0.3, 0.4) is 0 Å². The fraction of sp³-hybridized carbons (Fsp3) is 0.304. The number of thioether (sulfide) groups is 1. The maximum atomic E-state index is 13.0. The summed E-state index contributed by atoms with van der Waals surface area (Å²) in [4.78, 5) is 17.0. The van der Waals surface area contributed by atoms with Gasteiger partial charge in [-0.05, 0) is 49.6 Å². The van der Waals surface area contributed by atoms with E-state index in [1.54, 1.807) is 16.7 Å². The van der Waals surface area contributed by atoms with E-state index in [9.17, 15) is 10.1 Å². The molecule has 0 radical (unpaired) electrons. The second kappa shape index (κ2) is 7.37. The maximum absolute atomic E-state index is 13.0. The summed E-state index contributed by atoms with van der Waals surface area (Å²) >= 11 is 1.59. The lowest BCUT2D eigenvalue weighted by molar-refractivity contribution is -0.129. The first-order chi connectivity index (χ1) is 13.5. The van der Waals surface area contributed by atoms with Crippen molar-refractivity contribution in [1.82, 2.24) is 4.90 Å². The summed E-state index contributed by atoms with van der Waals surface area (Å²) in [6.07, 6.45) is 0.344. The highest BCUT2D eigenvalue weighted by Gasteiger charge is 2.38. The van der Waals surface area contributed by atoms with Gasteiger partial charge >= 0.3 is 0 Å². The lowest BCUT2D eigenvalue weighted by Gasteiger charge is -2.42. The number of nitrogens with zero attached hydrogens (tertiary/aromatic N) is 3. The molecule has 2 heterocycles. The third-order valence-corrected chi connectivity index (χ3v) is 6.78. The van der Waals surface area contributed by atoms with E-state index in [2.05, 4.69) is 43.0 Å². The van der Waals surface area contributed by atoms with Gasteiger partial charge in [0.2, 0.25) is 5.91 Å². The molecule has 0 saturated carbocycles. The zero-order valence-corrected chi connectivity index (χ0v) is 17.2. The molecule has 0 aliphatic carbocycles. The van der Waals surface area contributed by atoms with Crippen molar-refractivity contribution >= 4 is 23.4 Å². The van der Waals surface area contributed by atoms with Crippen LogP contribution in [-0.4, -0.2) is 23.4 Å². The number of hydrogen-bond acceptors (Lipinski definition) is 4. The molecule has 4 nitrogen and oxygen atoms in total. The van der Waals surface area contributed by atoms with Gasteiger partial charge in [-0.1, -0.05) is 47.7 Å². The zero-order chi connectivity index (χ0) is 19.8. The Morgan fingerprint density at radius 2 is 1.82 bits per heavy atom. The van der Waals surface area contributed by atoms with E-state index >= 15 is 0 Å². The number of hydrogen-bond donors (Lipinski definition) is 0. The fourth-order valence-corrected chi connectivity index (χ4v) is 4.90. The SMILES string of the molecule is Cc1ccc([C@@H]2CC(=O)N3CN(c4ccc(C)c(C)c4)CSC3=C2C#N)cc1. The number of allylic oxidation sites excluding steroid dienone is 1. The van der Waals surface area contributed by atoms with Crippen LogP contribution in [0.15, 0.2) is 53.1 Å². The molecule has 4 rings (SSSR count). The van der Waals surface area contributed by atoms with Crippen molar-refractivity contribution in [3.05, 3.63) is 75.3 Å². The zero-order valence-electron chi connectivity index (χ0n) is 16.4. The molecule has 0 aromatic heterocycles. The number of amides is 1. The molecule has 5 heteroatoms. The monoisotopic (exact) mass is 389 g/mol. The molecule has 28 heavy (non-hydrogen) atoms. The summed E-state index contributed by atoms with van der Waals surface area (Å²) in [5.41, 5.74) is 6.55. The predicted octanol–water partition coefficient (Wildman–Crippen LogP) is 4.83. The average molecular weight is 390 g/mol. The molecule has 2 aromatic carbocycles. The van der Waals surface area contributed by atoms with E-state index in [1.807, 2.05) is 31.2 Å². The quantitative estimate of drug-likeness (QED) is 0.738. The molecule has 2 aliphatic heterocycles. The first kappa shape index (κ1) is 18.6. The van der Waals surface area contributed by atoms with Crippen LogP contribution < -0.4 is 4.90 Å². The minimum atomic E-state index is -0.148. The van der Waals surface area contributed by atoms with Gasteiger partial charge in [0.05, 0.1) is 29.2 Å². The number of fused-ring (bicyclic) bond motifs is 1. The lowest BCUT2D eigenvalue weighted by atomic mass is 9.86. The van der Waals surface area contributed by atoms with E-state index in [1.165, 1.54) is 16.7 Å².